The Balaban J connectivity index is 1.80. The third-order valence-electron chi connectivity index (χ3n) is 5.28. The van der Waals surface area contributed by atoms with Gasteiger partial charge in [-0.15, -0.1) is 0 Å². The van der Waals surface area contributed by atoms with Crippen LogP contribution in [-0.2, 0) is 6.42 Å². The maximum atomic E-state index is 12.7. The number of rotatable bonds is 6. The highest BCUT2D eigenvalue weighted by atomic mass is 16.3. The van der Waals surface area contributed by atoms with Crippen molar-refractivity contribution >= 4 is 16.9 Å². The first-order valence-corrected chi connectivity index (χ1v) is 9.46. The Kier molecular flexibility index (Phi) is 4.86. The third-order valence-corrected chi connectivity index (χ3v) is 5.28. The number of carbonyl (C=O) groups excluding carboxylic acids is 1. The van der Waals surface area contributed by atoms with Crippen LogP contribution in [0.3, 0.4) is 0 Å². The Bertz CT molecular complexity index is 959. The van der Waals surface area contributed by atoms with Gasteiger partial charge in [0.2, 0.25) is 0 Å². The fraction of sp³-hybridized carbons (Fsp3) is 0.318. The molecule has 5 heteroatoms. The molecule has 0 bridgehead atoms. The number of phenols is 1. The van der Waals surface area contributed by atoms with E-state index in [4.69, 9.17) is 4.42 Å². The van der Waals surface area contributed by atoms with Crippen LogP contribution in [0.25, 0.3) is 22.3 Å². The lowest BCUT2D eigenvalue weighted by atomic mass is 9.97. The number of hydrogen-bond acceptors (Lipinski definition) is 4. The van der Waals surface area contributed by atoms with Gasteiger partial charge in [-0.2, -0.15) is 0 Å². The second kappa shape index (κ2) is 7.45. The van der Waals surface area contributed by atoms with Gasteiger partial charge in [-0.05, 0) is 51.0 Å². The number of benzene rings is 2. The van der Waals surface area contributed by atoms with Gasteiger partial charge >= 0.3 is 0 Å². The molecular formula is C22H24N2O3. The highest BCUT2D eigenvalue weighted by Crippen LogP contribution is 2.39. The van der Waals surface area contributed by atoms with Crippen LogP contribution in [0.15, 0.2) is 46.9 Å². The van der Waals surface area contributed by atoms with Crippen molar-refractivity contribution in [2.45, 2.75) is 19.3 Å². The lowest BCUT2D eigenvalue weighted by Gasteiger charge is -2.30. The highest BCUT2D eigenvalue weighted by molar-refractivity contribution is 6.12. The SMILES string of the molecule is CNC(=O)c1c(-c2ccccc2)oc2ccc(O)c(CCCN3CCC3)c12. The van der Waals surface area contributed by atoms with Gasteiger partial charge in [-0.3, -0.25) is 4.79 Å². The molecule has 2 N–H and O–H groups in total. The number of aryl methyl sites for hydroxylation is 1. The van der Waals surface area contributed by atoms with Crippen molar-refractivity contribution < 1.29 is 14.3 Å². The van der Waals surface area contributed by atoms with E-state index < -0.39 is 0 Å². The zero-order valence-electron chi connectivity index (χ0n) is 15.5. The summed E-state index contributed by atoms with van der Waals surface area (Å²) in [6.45, 7) is 3.32. The molecule has 0 spiro atoms. The topological polar surface area (TPSA) is 65.7 Å². The molecule has 1 fully saturated rings. The van der Waals surface area contributed by atoms with Crippen LogP contribution in [0.1, 0.15) is 28.8 Å². The second-order valence-electron chi connectivity index (χ2n) is 6.99. The minimum Gasteiger partial charge on any atom is -0.508 e. The molecule has 1 aliphatic heterocycles. The van der Waals surface area contributed by atoms with Crippen molar-refractivity contribution in [1.82, 2.24) is 10.2 Å². The van der Waals surface area contributed by atoms with E-state index in [0.717, 1.165) is 42.6 Å². The van der Waals surface area contributed by atoms with E-state index in [1.165, 1.54) is 6.42 Å². The van der Waals surface area contributed by atoms with Gasteiger partial charge in [-0.1, -0.05) is 30.3 Å². The number of phenolic OH excluding ortho intramolecular Hbond substituents is 1. The molecule has 2 heterocycles. The second-order valence-corrected chi connectivity index (χ2v) is 6.99. The number of amides is 1. The van der Waals surface area contributed by atoms with Gasteiger partial charge in [0.1, 0.15) is 17.1 Å². The average Bonchev–Trinajstić information content (AvgIpc) is 3.05. The summed E-state index contributed by atoms with van der Waals surface area (Å²) in [5.74, 6) is 0.554. The van der Waals surface area contributed by atoms with Crippen LogP contribution in [0.4, 0.5) is 0 Å². The first-order chi connectivity index (χ1) is 13.2. The van der Waals surface area contributed by atoms with Gasteiger partial charge in [-0.25, -0.2) is 0 Å². The minimum absolute atomic E-state index is 0.206. The monoisotopic (exact) mass is 364 g/mol. The molecule has 2 aromatic carbocycles. The van der Waals surface area contributed by atoms with Crippen LogP contribution < -0.4 is 5.32 Å². The normalized spacial score (nSPS) is 14.3. The standard InChI is InChI=1S/C22H24N2O3/c1-23-22(26)20-19-16(9-5-12-24-13-6-14-24)17(25)10-11-18(19)27-21(20)15-7-3-2-4-8-15/h2-4,7-8,10-11,25H,5-6,9,12-14H2,1H3,(H,23,26). The van der Waals surface area contributed by atoms with Crippen molar-refractivity contribution in [1.29, 1.82) is 0 Å². The van der Waals surface area contributed by atoms with E-state index in [2.05, 4.69) is 10.2 Å². The molecule has 1 saturated heterocycles. The zero-order chi connectivity index (χ0) is 18.8. The molecule has 3 aromatic rings. The van der Waals surface area contributed by atoms with Crippen LogP contribution in [0.2, 0.25) is 0 Å². The number of aromatic hydroxyl groups is 1. The summed E-state index contributed by atoms with van der Waals surface area (Å²) in [7, 11) is 1.61. The average molecular weight is 364 g/mol. The first kappa shape index (κ1) is 17.6. The van der Waals surface area contributed by atoms with E-state index in [0.29, 0.717) is 23.3 Å². The molecule has 0 unspecified atom stereocenters. The Morgan fingerprint density at radius 1 is 1.19 bits per heavy atom. The summed E-state index contributed by atoms with van der Waals surface area (Å²) in [6.07, 6.45) is 2.91. The van der Waals surface area contributed by atoms with E-state index in [1.807, 2.05) is 30.3 Å². The number of fused-ring (bicyclic) bond motifs is 1. The maximum Gasteiger partial charge on any atom is 0.255 e. The van der Waals surface area contributed by atoms with Gasteiger partial charge in [0.25, 0.3) is 5.91 Å². The van der Waals surface area contributed by atoms with Crippen molar-refractivity contribution in [3.63, 3.8) is 0 Å². The number of carbonyl (C=O) groups is 1. The highest BCUT2D eigenvalue weighted by Gasteiger charge is 2.25. The number of nitrogens with one attached hydrogen (secondary N) is 1. The summed E-state index contributed by atoms with van der Waals surface area (Å²) in [5.41, 5.74) is 2.76. The minimum atomic E-state index is -0.206. The van der Waals surface area contributed by atoms with Crippen LogP contribution in [0, 0.1) is 0 Å². The molecule has 1 amide bonds. The van der Waals surface area contributed by atoms with Gasteiger partial charge in [0, 0.05) is 23.6 Å². The lowest BCUT2D eigenvalue weighted by molar-refractivity contribution is 0.0964. The van der Waals surface area contributed by atoms with E-state index in [9.17, 15) is 9.90 Å². The summed E-state index contributed by atoms with van der Waals surface area (Å²) < 4.78 is 6.08. The first-order valence-electron chi connectivity index (χ1n) is 9.46. The van der Waals surface area contributed by atoms with Crippen molar-refractivity contribution in [3.05, 3.63) is 53.6 Å². The fourth-order valence-electron chi connectivity index (χ4n) is 3.72. The van der Waals surface area contributed by atoms with Crippen molar-refractivity contribution in [2.24, 2.45) is 0 Å². The lowest BCUT2D eigenvalue weighted by Crippen LogP contribution is -2.37. The maximum absolute atomic E-state index is 12.7. The van der Waals surface area contributed by atoms with Crippen LogP contribution >= 0.6 is 0 Å². The summed E-state index contributed by atoms with van der Waals surface area (Å²) >= 11 is 0. The summed E-state index contributed by atoms with van der Waals surface area (Å²) in [4.78, 5) is 15.1. The number of hydrogen-bond donors (Lipinski definition) is 2. The number of furan rings is 1. The van der Waals surface area contributed by atoms with E-state index in [-0.39, 0.29) is 11.7 Å². The smallest absolute Gasteiger partial charge is 0.255 e. The molecular weight excluding hydrogens is 340 g/mol. The Hall–Kier alpha value is -2.79. The molecule has 0 aliphatic carbocycles. The predicted octanol–water partition coefficient (Wildman–Crippen LogP) is 3.80. The molecule has 1 aromatic heterocycles. The van der Waals surface area contributed by atoms with Crippen LogP contribution in [-0.4, -0.2) is 42.6 Å². The van der Waals surface area contributed by atoms with Crippen LogP contribution in [0.5, 0.6) is 5.75 Å². The van der Waals surface area contributed by atoms with Gasteiger partial charge in [0.15, 0.2) is 0 Å². The summed E-state index contributed by atoms with van der Waals surface area (Å²) in [6, 6.07) is 13.0. The zero-order valence-corrected chi connectivity index (χ0v) is 15.5. The Morgan fingerprint density at radius 3 is 2.63 bits per heavy atom. The molecule has 140 valence electrons. The molecule has 4 rings (SSSR count). The van der Waals surface area contributed by atoms with Gasteiger partial charge < -0.3 is 19.7 Å². The molecule has 5 nitrogen and oxygen atoms in total. The molecule has 1 aliphatic rings. The predicted molar refractivity (Wildman–Crippen MR) is 106 cm³/mol. The molecule has 0 saturated carbocycles. The molecule has 0 radical (unpaired) electrons. The fourth-order valence-corrected chi connectivity index (χ4v) is 3.72. The van der Waals surface area contributed by atoms with Crippen molar-refractivity contribution in [3.8, 4) is 17.1 Å². The quantitative estimate of drug-likeness (QED) is 0.698. The Labute approximate surface area is 158 Å². The van der Waals surface area contributed by atoms with Gasteiger partial charge in [0.05, 0.1) is 5.56 Å². The largest absolute Gasteiger partial charge is 0.508 e. The third kappa shape index (κ3) is 3.30. The van der Waals surface area contributed by atoms with E-state index >= 15 is 0 Å². The Morgan fingerprint density at radius 2 is 1.96 bits per heavy atom. The number of likely N-dealkylation sites (tertiary alicyclic amines) is 1. The van der Waals surface area contributed by atoms with E-state index in [1.54, 1.807) is 19.2 Å². The summed E-state index contributed by atoms with van der Waals surface area (Å²) in [5, 5.41) is 14.0. The van der Waals surface area contributed by atoms with Crippen molar-refractivity contribution in [2.75, 3.05) is 26.7 Å². The molecule has 27 heavy (non-hydrogen) atoms. The number of nitrogens with zero attached hydrogens (tertiary/aromatic N) is 1. The molecule has 0 atom stereocenters.